The highest BCUT2D eigenvalue weighted by Crippen LogP contribution is 2.27. The number of halogens is 2. The largest absolute Gasteiger partial charge is 0.493 e. The quantitative estimate of drug-likeness (QED) is 0.430. The molecule has 3 aromatic rings. The van der Waals surface area contributed by atoms with Crippen LogP contribution in [0, 0.1) is 0 Å². The zero-order valence-electron chi connectivity index (χ0n) is 14.2. The Morgan fingerprint density at radius 3 is 2.38 bits per heavy atom. The Kier molecular flexibility index (Phi) is 6.16. The molecule has 26 heavy (non-hydrogen) atoms. The molecule has 3 aromatic carbocycles. The first kappa shape index (κ1) is 18.3. The molecule has 0 bridgehead atoms. The lowest BCUT2D eigenvalue weighted by molar-refractivity contribution is 0.340. The fraction of sp³-hybridized carbons (Fsp3) is 0.0952. The third-order valence-corrected chi connectivity index (χ3v) is 3.96. The number of aliphatic imine (C=N–C) groups is 1. The van der Waals surface area contributed by atoms with Crippen LogP contribution in [0.1, 0.15) is 12.5 Å². The Morgan fingerprint density at radius 2 is 1.65 bits per heavy atom. The summed E-state index contributed by atoms with van der Waals surface area (Å²) in [6.07, 6.45) is 1.74. The van der Waals surface area contributed by atoms with E-state index >= 15 is 0 Å². The van der Waals surface area contributed by atoms with Crippen molar-refractivity contribution in [3.05, 3.63) is 82.3 Å². The molecule has 0 aliphatic carbocycles. The number of ether oxygens (including phenoxy) is 2. The minimum atomic E-state index is 0.581. The summed E-state index contributed by atoms with van der Waals surface area (Å²) in [5.74, 6) is 2.15. The zero-order chi connectivity index (χ0) is 18.4. The third-order valence-electron chi connectivity index (χ3n) is 3.49. The highest BCUT2D eigenvalue weighted by molar-refractivity contribution is 6.31. The number of hydrogen-bond donors (Lipinski definition) is 0. The molecule has 0 spiro atoms. The van der Waals surface area contributed by atoms with E-state index in [-0.39, 0.29) is 0 Å². The van der Waals surface area contributed by atoms with Gasteiger partial charge in [0.1, 0.15) is 17.2 Å². The first-order valence-corrected chi connectivity index (χ1v) is 8.89. The van der Waals surface area contributed by atoms with Crippen molar-refractivity contribution in [3.63, 3.8) is 0 Å². The molecule has 0 unspecified atom stereocenters. The van der Waals surface area contributed by atoms with E-state index < -0.39 is 0 Å². The molecule has 5 heteroatoms. The summed E-state index contributed by atoms with van der Waals surface area (Å²) >= 11 is 12.0. The topological polar surface area (TPSA) is 30.8 Å². The molecule has 0 aliphatic heterocycles. The summed E-state index contributed by atoms with van der Waals surface area (Å²) < 4.78 is 11.4. The number of nitrogens with zero attached hydrogens (tertiary/aromatic N) is 1. The molecule has 0 fully saturated rings. The normalized spacial score (nSPS) is 10.9. The highest BCUT2D eigenvalue weighted by atomic mass is 35.5. The average Bonchev–Trinajstić information content (AvgIpc) is 2.63. The molecular formula is C21H17Cl2NO2. The van der Waals surface area contributed by atoms with E-state index in [2.05, 4.69) is 4.99 Å². The van der Waals surface area contributed by atoms with Crippen LogP contribution in [0.4, 0.5) is 5.69 Å². The summed E-state index contributed by atoms with van der Waals surface area (Å²) in [5, 5.41) is 1.27. The van der Waals surface area contributed by atoms with Crippen LogP contribution in [0.3, 0.4) is 0 Å². The molecular weight excluding hydrogens is 369 g/mol. The van der Waals surface area contributed by atoms with E-state index in [1.54, 1.807) is 24.4 Å². The molecule has 0 aliphatic rings. The molecule has 0 saturated carbocycles. The van der Waals surface area contributed by atoms with Gasteiger partial charge in [-0.25, -0.2) is 0 Å². The van der Waals surface area contributed by atoms with Crippen LogP contribution >= 0.6 is 23.2 Å². The minimum Gasteiger partial charge on any atom is -0.493 e. The van der Waals surface area contributed by atoms with Crippen LogP contribution in [-0.2, 0) is 0 Å². The van der Waals surface area contributed by atoms with E-state index in [0.29, 0.717) is 28.2 Å². The van der Waals surface area contributed by atoms with Gasteiger partial charge in [-0.2, -0.15) is 0 Å². The first-order valence-electron chi connectivity index (χ1n) is 8.14. The van der Waals surface area contributed by atoms with Crippen molar-refractivity contribution >= 4 is 35.1 Å². The molecule has 132 valence electrons. The lowest BCUT2D eigenvalue weighted by Crippen LogP contribution is -1.95. The maximum Gasteiger partial charge on any atom is 0.128 e. The second kappa shape index (κ2) is 8.75. The lowest BCUT2D eigenvalue weighted by atomic mass is 10.2. The molecule has 0 atom stereocenters. The van der Waals surface area contributed by atoms with Crippen molar-refractivity contribution < 1.29 is 9.47 Å². The number of benzene rings is 3. The summed E-state index contributed by atoms with van der Waals surface area (Å²) in [6.45, 7) is 2.52. The summed E-state index contributed by atoms with van der Waals surface area (Å²) in [5.41, 5.74) is 1.63. The van der Waals surface area contributed by atoms with Crippen LogP contribution in [0.5, 0.6) is 17.2 Å². The molecule has 0 amide bonds. The van der Waals surface area contributed by atoms with Crippen molar-refractivity contribution in [1.82, 2.24) is 0 Å². The van der Waals surface area contributed by atoms with E-state index in [1.165, 1.54) is 0 Å². The van der Waals surface area contributed by atoms with Crippen LogP contribution in [-0.4, -0.2) is 12.8 Å². The Bertz CT molecular complexity index is 908. The smallest absolute Gasteiger partial charge is 0.128 e. The minimum absolute atomic E-state index is 0.581. The van der Waals surface area contributed by atoms with Crippen molar-refractivity contribution in [2.45, 2.75) is 6.92 Å². The lowest BCUT2D eigenvalue weighted by Gasteiger charge is -2.07. The summed E-state index contributed by atoms with van der Waals surface area (Å²) in [7, 11) is 0. The van der Waals surface area contributed by atoms with Gasteiger partial charge in [0, 0.05) is 21.8 Å². The Hall–Kier alpha value is -2.49. The van der Waals surface area contributed by atoms with Gasteiger partial charge in [0.25, 0.3) is 0 Å². The van der Waals surface area contributed by atoms with Gasteiger partial charge in [0.15, 0.2) is 0 Å². The number of hydrogen-bond acceptors (Lipinski definition) is 3. The average molecular weight is 386 g/mol. The Balaban J connectivity index is 1.73. The molecule has 3 nitrogen and oxygen atoms in total. The second-order valence-electron chi connectivity index (χ2n) is 5.43. The predicted octanol–water partition coefficient (Wildman–Crippen LogP) is 6.94. The van der Waals surface area contributed by atoms with Crippen LogP contribution in [0.15, 0.2) is 71.7 Å². The van der Waals surface area contributed by atoms with Crippen LogP contribution < -0.4 is 9.47 Å². The number of rotatable bonds is 6. The standard InChI is InChI=1S/C21H17Cl2NO2/c1-2-25-21-11-6-17(23)12-15(21)14-24-18-7-9-19(10-8-18)26-20-5-3-4-16(22)13-20/h3-14H,2H2,1H3. The van der Waals surface area contributed by atoms with Gasteiger partial charge in [0.2, 0.25) is 0 Å². The van der Waals surface area contributed by atoms with E-state index in [4.69, 9.17) is 32.7 Å². The van der Waals surface area contributed by atoms with Crippen LogP contribution in [0.25, 0.3) is 0 Å². The zero-order valence-corrected chi connectivity index (χ0v) is 15.7. The van der Waals surface area contributed by atoms with Gasteiger partial charge in [-0.05, 0) is 67.6 Å². The maximum absolute atomic E-state index is 6.06. The van der Waals surface area contributed by atoms with Crippen molar-refractivity contribution in [2.24, 2.45) is 4.99 Å². The van der Waals surface area contributed by atoms with E-state index in [9.17, 15) is 0 Å². The maximum atomic E-state index is 6.06. The third kappa shape index (κ3) is 5.01. The van der Waals surface area contributed by atoms with Crippen LogP contribution in [0.2, 0.25) is 10.0 Å². The van der Waals surface area contributed by atoms with Gasteiger partial charge in [-0.1, -0.05) is 29.3 Å². The molecule has 0 aromatic heterocycles. The monoisotopic (exact) mass is 385 g/mol. The summed E-state index contributed by atoms with van der Waals surface area (Å²) in [6, 6.07) is 20.2. The van der Waals surface area contributed by atoms with Crippen molar-refractivity contribution in [2.75, 3.05) is 6.61 Å². The van der Waals surface area contributed by atoms with Crippen molar-refractivity contribution in [3.8, 4) is 17.2 Å². The Morgan fingerprint density at radius 1 is 0.885 bits per heavy atom. The SMILES string of the molecule is CCOc1ccc(Cl)cc1C=Nc1ccc(Oc2cccc(Cl)c2)cc1. The molecule has 3 rings (SSSR count). The Labute approximate surface area is 162 Å². The summed E-state index contributed by atoms with van der Waals surface area (Å²) in [4.78, 5) is 4.48. The van der Waals surface area contributed by atoms with Gasteiger partial charge in [0.05, 0.1) is 12.3 Å². The van der Waals surface area contributed by atoms with E-state index in [0.717, 1.165) is 17.0 Å². The molecule has 0 heterocycles. The predicted molar refractivity (Wildman–Crippen MR) is 108 cm³/mol. The van der Waals surface area contributed by atoms with E-state index in [1.807, 2.05) is 55.5 Å². The molecule has 0 radical (unpaired) electrons. The first-order chi connectivity index (χ1) is 12.6. The fourth-order valence-electron chi connectivity index (χ4n) is 2.32. The highest BCUT2D eigenvalue weighted by Gasteiger charge is 2.03. The van der Waals surface area contributed by atoms with Gasteiger partial charge < -0.3 is 9.47 Å². The second-order valence-corrected chi connectivity index (χ2v) is 6.30. The van der Waals surface area contributed by atoms with Gasteiger partial charge in [-0.15, -0.1) is 0 Å². The van der Waals surface area contributed by atoms with Gasteiger partial charge in [-0.3, -0.25) is 4.99 Å². The van der Waals surface area contributed by atoms with Gasteiger partial charge >= 0.3 is 0 Å². The fourth-order valence-corrected chi connectivity index (χ4v) is 2.68. The van der Waals surface area contributed by atoms with Crippen molar-refractivity contribution in [1.29, 1.82) is 0 Å². The molecule has 0 N–H and O–H groups in total. The molecule has 0 saturated heterocycles.